The van der Waals surface area contributed by atoms with Crippen molar-refractivity contribution in [2.24, 2.45) is 0 Å². The number of hydrogen-bond acceptors (Lipinski definition) is 3. The van der Waals surface area contributed by atoms with Crippen molar-refractivity contribution in [3.63, 3.8) is 0 Å². The lowest BCUT2D eigenvalue weighted by atomic mass is 10.3. The summed E-state index contributed by atoms with van der Waals surface area (Å²) in [6.07, 6.45) is 0. The lowest BCUT2D eigenvalue weighted by Crippen LogP contribution is -1.99. The number of para-hydroxylation sites is 1. The van der Waals surface area contributed by atoms with Gasteiger partial charge in [-0.1, -0.05) is 18.2 Å². The van der Waals surface area contributed by atoms with Gasteiger partial charge in [-0.25, -0.2) is 9.48 Å². The molecule has 0 radical (unpaired) electrons. The van der Waals surface area contributed by atoms with Gasteiger partial charge in [0.1, 0.15) is 10.6 Å². The zero-order valence-corrected chi connectivity index (χ0v) is 9.48. The van der Waals surface area contributed by atoms with Crippen molar-refractivity contribution in [3.05, 3.63) is 41.6 Å². The summed E-state index contributed by atoms with van der Waals surface area (Å²) in [6, 6.07) is 9.30. The lowest BCUT2D eigenvalue weighted by Gasteiger charge is -2.02. The van der Waals surface area contributed by atoms with Crippen molar-refractivity contribution < 1.29 is 9.90 Å². The Kier molecular flexibility index (Phi) is 2.70. The summed E-state index contributed by atoms with van der Waals surface area (Å²) in [5, 5.41) is 13.5. The van der Waals surface area contributed by atoms with E-state index in [0.29, 0.717) is 10.7 Å². The standard InChI is InChI=1S/C11H10N2O2S/c1-7-9(11(14)15)10(16)13(12-7)8-5-3-2-4-6-8/h2-6,16H,1H3,(H,14,15). The zero-order valence-electron chi connectivity index (χ0n) is 8.58. The van der Waals surface area contributed by atoms with E-state index in [-0.39, 0.29) is 5.56 Å². The average molecular weight is 234 g/mol. The predicted molar refractivity (Wildman–Crippen MR) is 62.5 cm³/mol. The van der Waals surface area contributed by atoms with Crippen LogP contribution in [-0.2, 0) is 0 Å². The van der Waals surface area contributed by atoms with E-state index < -0.39 is 5.97 Å². The van der Waals surface area contributed by atoms with Crippen LogP contribution in [0, 0.1) is 6.92 Å². The molecular formula is C11H10N2O2S. The summed E-state index contributed by atoms with van der Waals surface area (Å²) in [5.41, 5.74) is 1.40. The van der Waals surface area contributed by atoms with Gasteiger partial charge in [0.25, 0.3) is 0 Å². The molecule has 0 aliphatic heterocycles. The van der Waals surface area contributed by atoms with Crippen LogP contribution in [0.4, 0.5) is 0 Å². The highest BCUT2D eigenvalue weighted by Crippen LogP contribution is 2.21. The van der Waals surface area contributed by atoms with Crippen molar-refractivity contribution in [2.45, 2.75) is 11.9 Å². The summed E-state index contributed by atoms with van der Waals surface area (Å²) in [6.45, 7) is 1.66. The Morgan fingerprint density at radius 2 is 2.00 bits per heavy atom. The Bertz CT molecular complexity index is 534. The van der Waals surface area contributed by atoms with Crippen LogP contribution in [-0.4, -0.2) is 20.9 Å². The quantitative estimate of drug-likeness (QED) is 0.783. The van der Waals surface area contributed by atoms with Gasteiger partial charge in [-0.15, -0.1) is 12.6 Å². The van der Waals surface area contributed by atoms with Gasteiger partial charge < -0.3 is 5.11 Å². The molecule has 4 nitrogen and oxygen atoms in total. The maximum absolute atomic E-state index is 11.0. The van der Waals surface area contributed by atoms with E-state index in [2.05, 4.69) is 17.7 Å². The van der Waals surface area contributed by atoms with Gasteiger partial charge >= 0.3 is 5.97 Å². The van der Waals surface area contributed by atoms with Crippen molar-refractivity contribution in [1.82, 2.24) is 9.78 Å². The number of carbonyl (C=O) groups is 1. The number of hydrogen-bond donors (Lipinski definition) is 2. The van der Waals surface area contributed by atoms with Crippen LogP contribution in [0.5, 0.6) is 0 Å². The van der Waals surface area contributed by atoms with Crippen molar-refractivity contribution in [3.8, 4) is 5.69 Å². The molecule has 0 unspecified atom stereocenters. The van der Waals surface area contributed by atoms with Gasteiger partial charge in [-0.2, -0.15) is 5.10 Å². The third kappa shape index (κ3) is 1.69. The molecule has 1 N–H and O–H groups in total. The monoisotopic (exact) mass is 234 g/mol. The van der Waals surface area contributed by atoms with E-state index in [1.165, 1.54) is 4.68 Å². The van der Waals surface area contributed by atoms with E-state index in [9.17, 15) is 4.79 Å². The second kappa shape index (κ2) is 4.02. The van der Waals surface area contributed by atoms with Gasteiger partial charge in [0.05, 0.1) is 11.4 Å². The fraction of sp³-hybridized carbons (Fsp3) is 0.0909. The minimum absolute atomic E-state index is 0.146. The summed E-state index contributed by atoms with van der Waals surface area (Å²) in [4.78, 5) is 11.0. The topological polar surface area (TPSA) is 55.1 Å². The van der Waals surface area contributed by atoms with Crippen molar-refractivity contribution in [1.29, 1.82) is 0 Å². The minimum Gasteiger partial charge on any atom is -0.478 e. The molecule has 0 spiro atoms. The average Bonchev–Trinajstić information content (AvgIpc) is 2.55. The molecule has 1 aromatic carbocycles. The Morgan fingerprint density at radius 3 is 2.50 bits per heavy atom. The second-order valence-corrected chi connectivity index (χ2v) is 3.76. The maximum Gasteiger partial charge on any atom is 0.340 e. The molecule has 0 bridgehead atoms. The first-order valence-electron chi connectivity index (χ1n) is 4.68. The summed E-state index contributed by atoms with van der Waals surface area (Å²) in [7, 11) is 0. The third-order valence-corrected chi connectivity index (χ3v) is 2.66. The molecule has 2 rings (SSSR count). The highest BCUT2D eigenvalue weighted by atomic mass is 32.1. The molecule has 1 heterocycles. The predicted octanol–water partition coefficient (Wildman–Crippen LogP) is 2.17. The third-order valence-electron chi connectivity index (χ3n) is 2.25. The van der Waals surface area contributed by atoms with Crippen LogP contribution < -0.4 is 0 Å². The minimum atomic E-state index is -1.01. The maximum atomic E-state index is 11.0. The lowest BCUT2D eigenvalue weighted by molar-refractivity contribution is 0.0692. The van der Waals surface area contributed by atoms with E-state index in [4.69, 9.17) is 5.11 Å². The van der Waals surface area contributed by atoms with Crippen LogP contribution in [0.1, 0.15) is 16.1 Å². The fourth-order valence-corrected chi connectivity index (χ4v) is 1.93. The van der Waals surface area contributed by atoms with Crippen LogP contribution in [0.25, 0.3) is 5.69 Å². The number of nitrogens with zero attached hydrogens (tertiary/aromatic N) is 2. The second-order valence-electron chi connectivity index (χ2n) is 3.34. The van der Waals surface area contributed by atoms with Crippen molar-refractivity contribution >= 4 is 18.6 Å². The Balaban J connectivity index is 2.61. The number of thiol groups is 1. The Labute approximate surface area is 97.9 Å². The first kappa shape index (κ1) is 10.8. The Morgan fingerprint density at radius 1 is 1.38 bits per heavy atom. The van der Waals surface area contributed by atoms with Crippen LogP contribution in [0.3, 0.4) is 0 Å². The number of carboxylic acids is 1. The summed E-state index contributed by atoms with van der Waals surface area (Å²) >= 11 is 4.20. The van der Waals surface area contributed by atoms with Gasteiger partial charge in [0, 0.05) is 0 Å². The number of aromatic carboxylic acids is 1. The largest absolute Gasteiger partial charge is 0.478 e. The first-order chi connectivity index (χ1) is 7.61. The molecule has 0 saturated carbocycles. The van der Waals surface area contributed by atoms with E-state index in [1.807, 2.05) is 30.3 Å². The van der Waals surface area contributed by atoms with E-state index >= 15 is 0 Å². The molecule has 16 heavy (non-hydrogen) atoms. The van der Waals surface area contributed by atoms with E-state index in [1.54, 1.807) is 6.92 Å². The fourth-order valence-electron chi connectivity index (χ4n) is 1.51. The molecule has 5 heteroatoms. The molecule has 0 saturated heterocycles. The van der Waals surface area contributed by atoms with Crippen LogP contribution in [0.2, 0.25) is 0 Å². The van der Waals surface area contributed by atoms with E-state index in [0.717, 1.165) is 5.69 Å². The SMILES string of the molecule is Cc1nn(-c2ccccc2)c(S)c1C(=O)O. The number of aromatic nitrogens is 2. The number of benzene rings is 1. The van der Waals surface area contributed by atoms with Gasteiger partial charge in [0.2, 0.25) is 0 Å². The molecule has 0 fully saturated rings. The molecule has 1 aromatic heterocycles. The molecule has 0 aliphatic carbocycles. The van der Waals surface area contributed by atoms with Crippen LogP contribution in [0.15, 0.2) is 35.4 Å². The molecule has 82 valence electrons. The van der Waals surface area contributed by atoms with Gasteiger partial charge in [-0.3, -0.25) is 0 Å². The number of aryl methyl sites for hydroxylation is 1. The molecule has 2 aromatic rings. The highest BCUT2D eigenvalue weighted by molar-refractivity contribution is 7.80. The highest BCUT2D eigenvalue weighted by Gasteiger charge is 2.18. The van der Waals surface area contributed by atoms with Crippen molar-refractivity contribution in [2.75, 3.05) is 0 Å². The molecule has 0 aliphatic rings. The van der Waals surface area contributed by atoms with Gasteiger partial charge in [-0.05, 0) is 19.1 Å². The summed E-state index contributed by atoms with van der Waals surface area (Å²) < 4.78 is 1.52. The smallest absolute Gasteiger partial charge is 0.340 e. The number of rotatable bonds is 2. The Hall–Kier alpha value is -1.75. The molecule has 0 atom stereocenters. The summed E-state index contributed by atoms with van der Waals surface area (Å²) in [5.74, 6) is -1.01. The molecular weight excluding hydrogens is 224 g/mol. The molecule has 0 amide bonds. The van der Waals surface area contributed by atoms with Gasteiger partial charge in [0.15, 0.2) is 0 Å². The normalized spacial score (nSPS) is 10.4. The zero-order chi connectivity index (χ0) is 11.7. The number of carboxylic acid groups (broad SMARTS) is 1. The first-order valence-corrected chi connectivity index (χ1v) is 5.13. The van der Waals surface area contributed by atoms with Crippen LogP contribution >= 0.6 is 12.6 Å².